The van der Waals surface area contributed by atoms with E-state index in [2.05, 4.69) is 10.6 Å². The van der Waals surface area contributed by atoms with Gasteiger partial charge in [-0.1, -0.05) is 30.3 Å². The van der Waals surface area contributed by atoms with Crippen LogP contribution in [0.2, 0.25) is 0 Å². The summed E-state index contributed by atoms with van der Waals surface area (Å²) in [7, 11) is 0. The number of fused-ring (bicyclic) bond motifs is 1. The number of amides is 4. The summed E-state index contributed by atoms with van der Waals surface area (Å²) in [6.07, 6.45) is 0.861. The molecule has 15 nitrogen and oxygen atoms in total. The number of hydrogen-bond donors (Lipinski definition) is 2. The van der Waals surface area contributed by atoms with Gasteiger partial charge >= 0.3 is 23.8 Å². The van der Waals surface area contributed by atoms with Gasteiger partial charge in [-0.05, 0) is 74.6 Å². The van der Waals surface area contributed by atoms with Crippen LogP contribution in [0.3, 0.4) is 0 Å². The van der Waals surface area contributed by atoms with Crippen LogP contribution in [0.5, 0.6) is 0 Å². The fourth-order valence-corrected chi connectivity index (χ4v) is 6.18. The molecule has 1 saturated carbocycles. The van der Waals surface area contributed by atoms with Crippen molar-refractivity contribution in [3.8, 4) is 6.07 Å². The Morgan fingerprint density at radius 2 is 1.67 bits per heavy atom. The number of halogens is 1. The zero-order valence-corrected chi connectivity index (χ0v) is 29.6. The van der Waals surface area contributed by atoms with Crippen molar-refractivity contribution in [3.63, 3.8) is 0 Å². The molecule has 54 heavy (non-hydrogen) atoms. The highest BCUT2D eigenvalue weighted by atomic mass is 19.1. The minimum Gasteiger partial charge on any atom is -0.458 e. The lowest BCUT2D eigenvalue weighted by Crippen LogP contribution is -2.61. The molecule has 1 saturated heterocycles. The SMILES string of the molecule is CC(C)n1c(=O)n(CC2CC2)c(=O)c2cc(NC(=O)N3CCN(C(=O)OCC(=O)OCc4ccccc4)C(C(=O)Nc4ccc(C#N)c(F)c4)C3)ccc21. The summed E-state index contributed by atoms with van der Waals surface area (Å²) in [4.78, 5) is 82.0. The Morgan fingerprint density at radius 3 is 2.35 bits per heavy atom. The van der Waals surface area contributed by atoms with Gasteiger partial charge in [0, 0.05) is 37.1 Å². The second-order valence-corrected chi connectivity index (χ2v) is 13.4. The minimum absolute atomic E-state index is 0.000684. The summed E-state index contributed by atoms with van der Waals surface area (Å²) >= 11 is 0. The molecule has 1 aliphatic carbocycles. The van der Waals surface area contributed by atoms with Crippen molar-refractivity contribution >= 4 is 46.3 Å². The highest BCUT2D eigenvalue weighted by Gasteiger charge is 2.38. The lowest BCUT2D eigenvalue weighted by Gasteiger charge is -2.39. The van der Waals surface area contributed by atoms with Crippen molar-refractivity contribution in [1.29, 1.82) is 5.26 Å². The molecule has 2 aliphatic rings. The van der Waals surface area contributed by atoms with Crippen molar-refractivity contribution in [2.75, 3.05) is 36.9 Å². The Labute approximate surface area is 308 Å². The zero-order valence-electron chi connectivity index (χ0n) is 29.6. The van der Waals surface area contributed by atoms with Crippen molar-refractivity contribution in [3.05, 3.63) is 105 Å². The van der Waals surface area contributed by atoms with E-state index in [1.807, 2.05) is 19.9 Å². The van der Waals surface area contributed by atoms with Crippen LogP contribution in [0.4, 0.5) is 25.4 Å². The smallest absolute Gasteiger partial charge is 0.411 e. The number of aromatic nitrogens is 2. The van der Waals surface area contributed by atoms with E-state index >= 15 is 0 Å². The number of nitriles is 1. The number of ether oxygens (including phenoxy) is 2. The number of rotatable bonds is 10. The van der Waals surface area contributed by atoms with E-state index in [0.717, 1.165) is 29.4 Å². The van der Waals surface area contributed by atoms with Gasteiger partial charge in [-0.3, -0.25) is 23.6 Å². The third-order valence-corrected chi connectivity index (χ3v) is 9.19. The van der Waals surface area contributed by atoms with Crippen LogP contribution in [0.1, 0.15) is 43.9 Å². The number of anilines is 2. The molecule has 16 heteroatoms. The van der Waals surface area contributed by atoms with Gasteiger partial charge in [-0.2, -0.15) is 5.26 Å². The fourth-order valence-electron chi connectivity index (χ4n) is 6.18. The van der Waals surface area contributed by atoms with E-state index in [1.165, 1.54) is 27.7 Å². The molecule has 4 aromatic rings. The van der Waals surface area contributed by atoms with E-state index in [9.17, 15) is 33.2 Å². The van der Waals surface area contributed by atoms with Gasteiger partial charge in [0.25, 0.3) is 5.56 Å². The maximum Gasteiger partial charge on any atom is 0.411 e. The Balaban J connectivity index is 1.19. The van der Waals surface area contributed by atoms with Crippen LogP contribution in [0.15, 0.2) is 76.3 Å². The molecule has 2 fully saturated rings. The molecule has 0 spiro atoms. The van der Waals surface area contributed by atoms with E-state index in [-0.39, 0.29) is 66.2 Å². The van der Waals surface area contributed by atoms with Gasteiger partial charge in [0.15, 0.2) is 6.61 Å². The average molecular weight is 740 g/mol. The molecule has 1 atom stereocenters. The van der Waals surface area contributed by atoms with Crippen molar-refractivity contribution in [2.24, 2.45) is 5.92 Å². The van der Waals surface area contributed by atoms with Gasteiger partial charge in [0.2, 0.25) is 5.91 Å². The summed E-state index contributed by atoms with van der Waals surface area (Å²) in [5.74, 6) is -2.22. The number of nitrogens with one attached hydrogen (secondary N) is 2. The average Bonchev–Trinajstić information content (AvgIpc) is 3.99. The van der Waals surface area contributed by atoms with E-state index in [4.69, 9.17) is 14.7 Å². The minimum atomic E-state index is -1.36. The highest BCUT2D eigenvalue weighted by Crippen LogP contribution is 2.30. The second kappa shape index (κ2) is 16.0. The van der Waals surface area contributed by atoms with E-state index < -0.39 is 48.0 Å². The van der Waals surface area contributed by atoms with Crippen LogP contribution in [-0.4, -0.2) is 75.2 Å². The third kappa shape index (κ3) is 8.41. The Bertz CT molecular complexity index is 2260. The summed E-state index contributed by atoms with van der Waals surface area (Å²) < 4.78 is 27.5. The molecular formula is C38H38FN7O8. The number of hydrogen-bond acceptors (Lipinski definition) is 9. The van der Waals surface area contributed by atoms with E-state index in [1.54, 1.807) is 47.0 Å². The topological polar surface area (TPSA) is 185 Å². The molecule has 2 N–H and O–H groups in total. The maximum atomic E-state index is 14.4. The first-order valence-electron chi connectivity index (χ1n) is 17.4. The van der Waals surface area contributed by atoms with Gasteiger partial charge in [0.05, 0.1) is 23.0 Å². The molecular weight excluding hydrogens is 701 g/mol. The number of carbonyl (C=O) groups excluding carboxylic acids is 4. The fraction of sp³-hybridized carbons (Fsp3) is 0.342. The Morgan fingerprint density at radius 1 is 0.944 bits per heavy atom. The largest absolute Gasteiger partial charge is 0.458 e. The molecule has 1 unspecified atom stereocenters. The van der Waals surface area contributed by atoms with Crippen LogP contribution in [-0.2, 0) is 32.2 Å². The number of carbonyl (C=O) groups is 4. The summed E-state index contributed by atoms with van der Waals surface area (Å²) in [5.41, 5.74) is 0.341. The number of piperazine rings is 1. The standard InChI is InChI=1S/C38H38FN7O8/c1-23(2)46-31-13-12-27(16-29(31)35(49)45(37(46)51)19-24-8-9-24)42-36(50)43-14-15-44(38(52)54-22-33(47)53-21-25-6-4-3-5-7-25)32(20-43)34(48)41-28-11-10-26(18-40)30(39)17-28/h3-7,10-13,16-17,23-24,32H,8-9,14-15,19-22H2,1-2H3,(H,41,48)(H,42,50). The second-order valence-electron chi connectivity index (χ2n) is 13.4. The number of nitrogens with zero attached hydrogens (tertiary/aromatic N) is 5. The van der Waals surface area contributed by atoms with Crippen molar-refractivity contribution in [1.82, 2.24) is 18.9 Å². The van der Waals surface area contributed by atoms with Crippen molar-refractivity contribution in [2.45, 2.75) is 51.9 Å². The summed E-state index contributed by atoms with van der Waals surface area (Å²) in [6.45, 7) is 2.66. The highest BCUT2D eigenvalue weighted by molar-refractivity contribution is 5.98. The van der Waals surface area contributed by atoms with Gasteiger partial charge in [-0.25, -0.2) is 23.6 Å². The Hall–Kier alpha value is -6.50. The molecule has 3 aromatic carbocycles. The predicted molar refractivity (Wildman–Crippen MR) is 194 cm³/mol. The molecule has 2 heterocycles. The maximum absolute atomic E-state index is 14.4. The molecule has 280 valence electrons. The van der Waals surface area contributed by atoms with Gasteiger partial charge in [0.1, 0.15) is 24.5 Å². The molecule has 6 rings (SSSR count). The first-order valence-corrected chi connectivity index (χ1v) is 17.4. The quantitative estimate of drug-likeness (QED) is 0.225. The summed E-state index contributed by atoms with van der Waals surface area (Å²) in [6, 6.07) is 16.5. The monoisotopic (exact) mass is 739 g/mol. The molecule has 1 aliphatic heterocycles. The number of urea groups is 1. The first-order chi connectivity index (χ1) is 25.9. The first kappa shape index (κ1) is 37.3. The summed E-state index contributed by atoms with van der Waals surface area (Å²) in [5, 5.41) is 14.6. The van der Waals surface area contributed by atoms with Crippen LogP contribution >= 0.6 is 0 Å². The molecule has 1 aromatic heterocycles. The molecule has 0 radical (unpaired) electrons. The lowest BCUT2D eigenvalue weighted by atomic mass is 10.1. The van der Waals surface area contributed by atoms with Crippen LogP contribution in [0.25, 0.3) is 10.9 Å². The van der Waals surface area contributed by atoms with Gasteiger partial charge < -0.3 is 25.0 Å². The lowest BCUT2D eigenvalue weighted by molar-refractivity contribution is -0.148. The molecule has 0 bridgehead atoms. The molecule has 4 amide bonds. The van der Waals surface area contributed by atoms with Gasteiger partial charge in [-0.15, -0.1) is 0 Å². The third-order valence-electron chi connectivity index (χ3n) is 9.19. The predicted octanol–water partition coefficient (Wildman–Crippen LogP) is 4.20. The Kier molecular flexibility index (Phi) is 11.1. The normalized spacial score (nSPS) is 15.4. The van der Waals surface area contributed by atoms with Crippen LogP contribution in [0, 0.1) is 23.1 Å². The number of esters is 1. The van der Waals surface area contributed by atoms with Crippen molar-refractivity contribution < 1.29 is 33.0 Å². The van der Waals surface area contributed by atoms with Crippen LogP contribution < -0.4 is 21.9 Å². The number of benzene rings is 3. The zero-order chi connectivity index (χ0) is 38.5. The van der Waals surface area contributed by atoms with E-state index in [0.29, 0.717) is 12.1 Å².